The van der Waals surface area contributed by atoms with Crippen molar-refractivity contribution in [2.75, 3.05) is 37.6 Å². The number of nitrogens with zero attached hydrogens (tertiary/aromatic N) is 5. The van der Waals surface area contributed by atoms with Crippen LogP contribution in [0.15, 0.2) is 47.7 Å². The van der Waals surface area contributed by atoms with Gasteiger partial charge in [0.15, 0.2) is 5.96 Å². The lowest BCUT2D eigenvalue weighted by Gasteiger charge is -2.36. The monoisotopic (exact) mass is 520 g/mol. The molecular formula is C19H24F3IN6. The zero-order valence-electron chi connectivity index (χ0n) is 16.1. The van der Waals surface area contributed by atoms with Crippen LogP contribution in [0.5, 0.6) is 0 Å². The van der Waals surface area contributed by atoms with Gasteiger partial charge in [-0.2, -0.15) is 13.2 Å². The van der Waals surface area contributed by atoms with Gasteiger partial charge < -0.3 is 15.1 Å². The van der Waals surface area contributed by atoms with Crippen molar-refractivity contribution in [1.29, 1.82) is 0 Å². The fourth-order valence-corrected chi connectivity index (χ4v) is 2.96. The van der Waals surface area contributed by atoms with Crippen molar-refractivity contribution < 1.29 is 13.2 Å². The second-order valence-electron chi connectivity index (χ2n) is 6.39. The Balaban J connectivity index is 0.00000300. The summed E-state index contributed by atoms with van der Waals surface area (Å²) in [5, 5.41) is 3.26. The third-order valence-electron chi connectivity index (χ3n) is 4.44. The molecule has 29 heavy (non-hydrogen) atoms. The van der Waals surface area contributed by atoms with Crippen LogP contribution in [0.3, 0.4) is 0 Å². The predicted octanol–water partition coefficient (Wildman–Crippen LogP) is 3.40. The Morgan fingerprint density at radius 3 is 2.24 bits per heavy atom. The zero-order valence-corrected chi connectivity index (χ0v) is 18.4. The quantitative estimate of drug-likeness (QED) is 0.381. The number of hydrogen-bond donors (Lipinski definition) is 1. The number of hydrogen-bond acceptors (Lipinski definition) is 4. The molecule has 0 aliphatic carbocycles. The molecule has 158 valence electrons. The summed E-state index contributed by atoms with van der Waals surface area (Å²) < 4.78 is 38.0. The SMILES string of the molecule is CCNC(=NCc1ccc(C(F)(F)F)cc1)N1CCN(c2ncccn2)CC1.I. The van der Waals surface area contributed by atoms with Crippen LogP contribution in [0.1, 0.15) is 18.1 Å². The number of guanidine groups is 1. The normalized spacial score (nSPS) is 15.1. The average molecular weight is 520 g/mol. The van der Waals surface area contributed by atoms with Gasteiger partial charge in [0.25, 0.3) is 0 Å². The molecule has 1 aliphatic heterocycles. The lowest BCUT2D eigenvalue weighted by atomic mass is 10.1. The maximum absolute atomic E-state index is 12.7. The second kappa shape index (κ2) is 10.6. The molecule has 10 heteroatoms. The minimum absolute atomic E-state index is 0. The van der Waals surface area contributed by atoms with Gasteiger partial charge in [0.2, 0.25) is 5.95 Å². The van der Waals surface area contributed by atoms with Crippen LogP contribution in [-0.4, -0.2) is 53.6 Å². The summed E-state index contributed by atoms with van der Waals surface area (Å²) in [6, 6.07) is 6.92. The topological polar surface area (TPSA) is 56.7 Å². The van der Waals surface area contributed by atoms with Crippen molar-refractivity contribution in [3.63, 3.8) is 0 Å². The smallest absolute Gasteiger partial charge is 0.357 e. The largest absolute Gasteiger partial charge is 0.416 e. The molecule has 1 N–H and O–H groups in total. The number of alkyl halides is 3. The molecule has 2 heterocycles. The predicted molar refractivity (Wildman–Crippen MR) is 117 cm³/mol. The molecule has 2 aromatic rings. The number of nitrogens with one attached hydrogen (secondary N) is 1. The van der Waals surface area contributed by atoms with E-state index in [1.54, 1.807) is 18.5 Å². The Labute approximate surface area is 185 Å². The maximum Gasteiger partial charge on any atom is 0.416 e. The van der Waals surface area contributed by atoms with Crippen LogP contribution in [0, 0.1) is 0 Å². The summed E-state index contributed by atoms with van der Waals surface area (Å²) in [4.78, 5) is 17.4. The minimum atomic E-state index is -4.32. The molecule has 6 nitrogen and oxygen atoms in total. The van der Waals surface area contributed by atoms with E-state index in [0.29, 0.717) is 19.0 Å². The highest BCUT2D eigenvalue weighted by atomic mass is 127. The highest BCUT2D eigenvalue weighted by Crippen LogP contribution is 2.29. The van der Waals surface area contributed by atoms with Gasteiger partial charge in [-0.15, -0.1) is 24.0 Å². The van der Waals surface area contributed by atoms with E-state index in [1.165, 1.54) is 12.1 Å². The van der Waals surface area contributed by atoms with Crippen molar-refractivity contribution in [3.05, 3.63) is 53.9 Å². The molecule has 1 saturated heterocycles. The van der Waals surface area contributed by atoms with Crippen molar-refractivity contribution in [2.45, 2.75) is 19.6 Å². The number of aliphatic imine (C=N–C) groups is 1. The highest BCUT2D eigenvalue weighted by molar-refractivity contribution is 14.0. The van der Waals surface area contributed by atoms with E-state index in [1.807, 2.05) is 6.92 Å². The molecular weight excluding hydrogens is 496 g/mol. The summed E-state index contributed by atoms with van der Waals surface area (Å²) in [6.45, 7) is 6.09. The summed E-state index contributed by atoms with van der Waals surface area (Å²) in [6.07, 6.45) is -0.868. The van der Waals surface area contributed by atoms with Crippen LogP contribution in [0.4, 0.5) is 19.1 Å². The Morgan fingerprint density at radius 2 is 1.69 bits per heavy atom. The first-order valence-electron chi connectivity index (χ1n) is 9.18. The zero-order chi connectivity index (χ0) is 20.0. The fraction of sp³-hybridized carbons (Fsp3) is 0.421. The molecule has 1 fully saturated rings. The van der Waals surface area contributed by atoms with Gasteiger partial charge >= 0.3 is 6.18 Å². The molecule has 1 aliphatic rings. The van der Waals surface area contributed by atoms with Crippen LogP contribution in [0.25, 0.3) is 0 Å². The lowest BCUT2D eigenvalue weighted by Crippen LogP contribution is -2.52. The Bertz CT molecular complexity index is 775. The van der Waals surface area contributed by atoms with Crippen molar-refractivity contribution in [2.24, 2.45) is 4.99 Å². The van der Waals surface area contributed by atoms with Crippen molar-refractivity contribution in [3.8, 4) is 0 Å². The van der Waals surface area contributed by atoms with Crippen LogP contribution in [0.2, 0.25) is 0 Å². The van der Waals surface area contributed by atoms with E-state index in [2.05, 4.69) is 30.1 Å². The van der Waals surface area contributed by atoms with Crippen molar-refractivity contribution in [1.82, 2.24) is 20.2 Å². The van der Waals surface area contributed by atoms with Gasteiger partial charge in [0.05, 0.1) is 12.1 Å². The van der Waals surface area contributed by atoms with Gasteiger partial charge in [-0.3, -0.25) is 0 Å². The Kier molecular flexibility index (Phi) is 8.47. The number of piperazine rings is 1. The first kappa shape index (κ1) is 23.2. The molecule has 1 aromatic carbocycles. The molecule has 0 amide bonds. The Hall–Kier alpha value is -2.11. The first-order valence-corrected chi connectivity index (χ1v) is 9.18. The molecule has 0 unspecified atom stereocenters. The van der Waals surface area contributed by atoms with Gasteiger partial charge in [0, 0.05) is 45.1 Å². The van der Waals surface area contributed by atoms with E-state index in [9.17, 15) is 13.2 Å². The number of benzene rings is 1. The number of rotatable bonds is 4. The summed E-state index contributed by atoms with van der Waals surface area (Å²) >= 11 is 0. The molecule has 0 radical (unpaired) electrons. The second-order valence-corrected chi connectivity index (χ2v) is 6.39. The lowest BCUT2D eigenvalue weighted by molar-refractivity contribution is -0.137. The highest BCUT2D eigenvalue weighted by Gasteiger charge is 2.29. The summed E-state index contributed by atoms with van der Waals surface area (Å²) in [7, 11) is 0. The van der Waals surface area contributed by atoms with Gasteiger partial charge in [-0.25, -0.2) is 15.0 Å². The number of aromatic nitrogens is 2. The molecule has 0 atom stereocenters. The molecule has 3 rings (SSSR count). The standard InChI is InChI=1S/C19H23F3N6.HI/c1-2-23-17(26-14-15-4-6-16(7-5-15)19(20,21)22)27-10-12-28(13-11-27)18-24-8-3-9-25-18;/h3-9H,2,10-14H2,1H3,(H,23,26);1H. The molecule has 0 saturated carbocycles. The Morgan fingerprint density at radius 1 is 1.07 bits per heavy atom. The molecule has 0 spiro atoms. The molecule has 1 aromatic heterocycles. The van der Waals surface area contributed by atoms with Crippen molar-refractivity contribution >= 4 is 35.9 Å². The minimum Gasteiger partial charge on any atom is -0.357 e. The van der Waals surface area contributed by atoms with E-state index in [4.69, 9.17) is 0 Å². The van der Waals surface area contributed by atoms with E-state index < -0.39 is 11.7 Å². The van der Waals surface area contributed by atoms with E-state index in [0.717, 1.165) is 49.8 Å². The van der Waals surface area contributed by atoms with Crippen LogP contribution >= 0.6 is 24.0 Å². The third kappa shape index (κ3) is 6.44. The first-order chi connectivity index (χ1) is 13.5. The van der Waals surface area contributed by atoms with E-state index >= 15 is 0 Å². The maximum atomic E-state index is 12.7. The number of anilines is 1. The molecule has 0 bridgehead atoms. The van der Waals surface area contributed by atoms with Crippen LogP contribution in [-0.2, 0) is 12.7 Å². The van der Waals surface area contributed by atoms with Gasteiger partial charge in [-0.05, 0) is 30.7 Å². The van der Waals surface area contributed by atoms with Crippen LogP contribution < -0.4 is 10.2 Å². The number of halogens is 4. The van der Waals surface area contributed by atoms with Gasteiger partial charge in [-0.1, -0.05) is 12.1 Å². The summed E-state index contributed by atoms with van der Waals surface area (Å²) in [5.41, 5.74) is 0.0890. The third-order valence-corrected chi connectivity index (χ3v) is 4.44. The van der Waals surface area contributed by atoms with Gasteiger partial charge in [0.1, 0.15) is 0 Å². The van der Waals surface area contributed by atoms with E-state index in [-0.39, 0.29) is 24.0 Å². The summed E-state index contributed by atoms with van der Waals surface area (Å²) in [5.74, 6) is 1.48. The average Bonchev–Trinajstić information content (AvgIpc) is 2.71. The fourth-order valence-electron chi connectivity index (χ4n) is 2.96.